The third kappa shape index (κ3) is 6.30. The molecule has 0 fully saturated rings. The summed E-state index contributed by atoms with van der Waals surface area (Å²) >= 11 is 4.25. The van der Waals surface area contributed by atoms with Crippen molar-refractivity contribution >= 4 is 18.5 Å². The van der Waals surface area contributed by atoms with Gasteiger partial charge < -0.3 is 5.32 Å². The zero-order valence-corrected chi connectivity index (χ0v) is 10.6. The van der Waals surface area contributed by atoms with E-state index in [0.717, 1.165) is 13.0 Å². The molecule has 0 saturated heterocycles. The zero-order valence-electron chi connectivity index (χ0n) is 9.71. The number of nitrogens with one attached hydrogen (secondary N) is 1. The molecule has 14 heavy (non-hydrogen) atoms. The van der Waals surface area contributed by atoms with Crippen molar-refractivity contribution in [3.63, 3.8) is 0 Å². The third-order valence-corrected chi connectivity index (χ3v) is 2.99. The van der Waals surface area contributed by atoms with E-state index in [9.17, 15) is 4.79 Å². The van der Waals surface area contributed by atoms with Crippen LogP contribution in [-0.4, -0.2) is 17.7 Å². The van der Waals surface area contributed by atoms with E-state index in [-0.39, 0.29) is 11.2 Å². The molecule has 0 spiro atoms. The lowest BCUT2D eigenvalue weighted by atomic mass is 10.1. The Kier molecular flexibility index (Phi) is 7.06. The highest BCUT2D eigenvalue weighted by Gasteiger charge is 2.16. The van der Waals surface area contributed by atoms with Crippen LogP contribution in [-0.2, 0) is 4.79 Å². The summed E-state index contributed by atoms with van der Waals surface area (Å²) in [5, 5.41) is 2.73. The molecule has 0 aromatic rings. The standard InChI is InChI=1S/C11H23NOS/c1-8(2)6-5-7-12-11(13)10(14)9(3)4/h8-10,14H,5-7H2,1-4H3,(H,12,13). The van der Waals surface area contributed by atoms with Crippen LogP contribution in [0.4, 0.5) is 0 Å². The van der Waals surface area contributed by atoms with Crippen LogP contribution < -0.4 is 5.32 Å². The molecule has 0 rings (SSSR count). The van der Waals surface area contributed by atoms with Crippen molar-refractivity contribution < 1.29 is 4.79 Å². The summed E-state index contributed by atoms with van der Waals surface area (Å²) in [5.74, 6) is 1.07. The Balaban J connectivity index is 3.54. The molecule has 1 unspecified atom stereocenters. The second kappa shape index (κ2) is 7.16. The highest BCUT2D eigenvalue weighted by molar-refractivity contribution is 7.81. The average Bonchev–Trinajstić information content (AvgIpc) is 2.10. The number of rotatable bonds is 6. The Hall–Kier alpha value is -0.180. The molecule has 1 N–H and O–H groups in total. The monoisotopic (exact) mass is 217 g/mol. The van der Waals surface area contributed by atoms with Crippen molar-refractivity contribution in [1.29, 1.82) is 0 Å². The molecule has 0 saturated carbocycles. The van der Waals surface area contributed by atoms with E-state index in [2.05, 4.69) is 31.8 Å². The lowest BCUT2D eigenvalue weighted by molar-refractivity contribution is -0.121. The first-order chi connectivity index (χ1) is 6.45. The van der Waals surface area contributed by atoms with E-state index in [4.69, 9.17) is 0 Å². The fourth-order valence-electron chi connectivity index (χ4n) is 1.13. The van der Waals surface area contributed by atoms with Crippen molar-refractivity contribution in [2.75, 3.05) is 6.54 Å². The van der Waals surface area contributed by atoms with Crippen molar-refractivity contribution in [1.82, 2.24) is 5.32 Å². The largest absolute Gasteiger partial charge is 0.355 e. The minimum atomic E-state index is -0.172. The molecule has 0 heterocycles. The number of hydrogen-bond acceptors (Lipinski definition) is 2. The number of thiol groups is 1. The summed E-state index contributed by atoms with van der Waals surface area (Å²) in [4.78, 5) is 11.4. The minimum Gasteiger partial charge on any atom is -0.355 e. The highest BCUT2D eigenvalue weighted by Crippen LogP contribution is 2.08. The Bertz CT molecular complexity index is 169. The SMILES string of the molecule is CC(C)CCCNC(=O)C(S)C(C)C. The van der Waals surface area contributed by atoms with Gasteiger partial charge in [0.25, 0.3) is 0 Å². The molecule has 0 bridgehead atoms. The molecule has 0 radical (unpaired) electrons. The van der Waals surface area contributed by atoms with E-state index < -0.39 is 0 Å². The molecule has 0 aromatic carbocycles. The normalized spacial score (nSPS) is 13.4. The molecular formula is C11H23NOS. The maximum atomic E-state index is 11.4. The molecule has 1 atom stereocenters. The summed E-state index contributed by atoms with van der Waals surface area (Å²) in [6, 6.07) is 0. The molecule has 2 nitrogen and oxygen atoms in total. The molecule has 0 aliphatic rings. The van der Waals surface area contributed by atoms with Crippen LogP contribution >= 0.6 is 12.6 Å². The van der Waals surface area contributed by atoms with Gasteiger partial charge in [-0.3, -0.25) is 4.79 Å². The predicted octanol–water partition coefficient (Wildman–Crippen LogP) is 2.49. The van der Waals surface area contributed by atoms with Crippen molar-refractivity contribution in [3.8, 4) is 0 Å². The van der Waals surface area contributed by atoms with Gasteiger partial charge in [0.2, 0.25) is 5.91 Å². The Morgan fingerprint density at radius 3 is 2.29 bits per heavy atom. The Morgan fingerprint density at radius 2 is 1.86 bits per heavy atom. The zero-order chi connectivity index (χ0) is 11.1. The van der Waals surface area contributed by atoms with Crippen LogP contribution in [0.1, 0.15) is 40.5 Å². The Labute approximate surface area is 93.3 Å². The van der Waals surface area contributed by atoms with Crippen LogP contribution in [0.25, 0.3) is 0 Å². The summed E-state index contributed by atoms with van der Waals surface area (Å²) in [6.45, 7) is 9.17. The van der Waals surface area contributed by atoms with Gasteiger partial charge in [-0.15, -0.1) is 0 Å². The van der Waals surface area contributed by atoms with Gasteiger partial charge in [0.15, 0.2) is 0 Å². The van der Waals surface area contributed by atoms with Crippen molar-refractivity contribution in [2.24, 2.45) is 11.8 Å². The quantitative estimate of drug-likeness (QED) is 0.519. The topological polar surface area (TPSA) is 29.1 Å². The van der Waals surface area contributed by atoms with Crippen LogP contribution in [0, 0.1) is 11.8 Å². The van der Waals surface area contributed by atoms with Gasteiger partial charge in [0.1, 0.15) is 0 Å². The number of carbonyl (C=O) groups excluding carboxylic acids is 1. The first-order valence-electron chi connectivity index (χ1n) is 5.41. The summed E-state index contributed by atoms with van der Waals surface area (Å²) in [6.07, 6.45) is 2.22. The summed E-state index contributed by atoms with van der Waals surface area (Å²) < 4.78 is 0. The van der Waals surface area contributed by atoms with E-state index in [1.165, 1.54) is 6.42 Å². The molecule has 84 valence electrons. The van der Waals surface area contributed by atoms with Gasteiger partial charge in [0.05, 0.1) is 5.25 Å². The first-order valence-corrected chi connectivity index (χ1v) is 5.92. The van der Waals surface area contributed by atoms with E-state index in [0.29, 0.717) is 11.8 Å². The lowest BCUT2D eigenvalue weighted by Crippen LogP contribution is -2.35. The maximum absolute atomic E-state index is 11.4. The summed E-state index contributed by atoms with van der Waals surface area (Å²) in [5.41, 5.74) is 0. The fourth-order valence-corrected chi connectivity index (χ4v) is 1.22. The number of amides is 1. The fraction of sp³-hybridized carbons (Fsp3) is 0.909. The van der Waals surface area contributed by atoms with Gasteiger partial charge in [0, 0.05) is 6.54 Å². The van der Waals surface area contributed by atoms with Crippen LogP contribution in [0.5, 0.6) is 0 Å². The van der Waals surface area contributed by atoms with E-state index >= 15 is 0 Å². The lowest BCUT2D eigenvalue weighted by Gasteiger charge is -2.14. The van der Waals surface area contributed by atoms with Crippen molar-refractivity contribution in [3.05, 3.63) is 0 Å². The molecule has 3 heteroatoms. The van der Waals surface area contributed by atoms with Crippen molar-refractivity contribution in [2.45, 2.75) is 45.8 Å². The Morgan fingerprint density at radius 1 is 1.29 bits per heavy atom. The van der Waals surface area contributed by atoms with Gasteiger partial charge in [-0.2, -0.15) is 12.6 Å². The number of carbonyl (C=O) groups is 1. The highest BCUT2D eigenvalue weighted by atomic mass is 32.1. The predicted molar refractivity (Wildman–Crippen MR) is 64.7 cm³/mol. The summed E-state index contributed by atoms with van der Waals surface area (Å²) in [7, 11) is 0. The average molecular weight is 217 g/mol. The van der Waals surface area contributed by atoms with Crippen LogP contribution in [0.15, 0.2) is 0 Å². The number of hydrogen-bond donors (Lipinski definition) is 2. The van der Waals surface area contributed by atoms with E-state index in [1.807, 2.05) is 13.8 Å². The van der Waals surface area contributed by atoms with Crippen LogP contribution in [0.3, 0.4) is 0 Å². The maximum Gasteiger partial charge on any atom is 0.233 e. The van der Waals surface area contributed by atoms with Gasteiger partial charge in [-0.1, -0.05) is 27.7 Å². The van der Waals surface area contributed by atoms with Gasteiger partial charge in [-0.25, -0.2) is 0 Å². The molecule has 0 aliphatic heterocycles. The minimum absolute atomic E-state index is 0.0621. The van der Waals surface area contributed by atoms with E-state index in [1.54, 1.807) is 0 Å². The molecule has 1 amide bonds. The molecule has 0 aromatic heterocycles. The van der Waals surface area contributed by atoms with Gasteiger partial charge in [-0.05, 0) is 24.7 Å². The molecule has 0 aliphatic carbocycles. The van der Waals surface area contributed by atoms with Gasteiger partial charge >= 0.3 is 0 Å². The first kappa shape index (κ1) is 13.8. The molecular weight excluding hydrogens is 194 g/mol. The third-order valence-electron chi connectivity index (χ3n) is 2.16. The van der Waals surface area contributed by atoms with Crippen LogP contribution in [0.2, 0.25) is 0 Å². The second-order valence-electron chi connectivity index (χ2n) is 4.52. The second-order valence-corrected chi connectivity index (χ2v) is 5.07. The smallest absolute Gasteiger partial charge is 0.233 e.